The van der Waals surface area contributed by atoms with E-state index in [1.807, 2.05) is 38.1 Å². The summed E-state index contributed by atoms with van der Waals surface area (Å²) >= 11 is 6.07. The second-order valence-corrected chi connectivity index (χ2v) is 7.92. The van der Waals surface area contributed by atoms with Gasteiger partial charge in [-0.25, -0.2) is 9.67 Å². The molecule has 0 bridgehead atoms. The van der Waals surface area contributed by atoms with E-state index in [0.29, 0.717) is 28.0 Å². The zero-order valence-electron chi connectivity index (χ0n) is 18.7. The number of rotatable bonds is 6. The number of carbonyl (C=O) groups excluding carboxylic acids is 1. The van der Waals surface area contributed by atoms with Gasteiger partial charge in [0.05, 0.1) is 25.6 Å². The number of amides is 1. The van der Waals surface area contributed by atoms with Crippen LogP contribution in [0.3, 0.4) is 0 Å². The molecule has 4 aromatic rings. The van der Waals surface area contributed by atoms with Crippen molar-refractivity contribution in [2.24, 2.45) is 0 Å². The van der Waals surface area contributed by atoms with Crippen molar-refractivity contribution < 1.29 is 14.3 Å². The van der Waals surface area contributed by atoms with Gasteiger partial charge in [-0.3, -0.25) is 4.79 Å². The van der Waals surface area contributed by atoms with Crippen LogP contribution in [0.5, 0.6) is 11.5 Å². The van der Waals surface area contributed by atoms with Crippen molar-refractivity contribution in [3.05, 3.63) is 82.6 Å². The Kier molecular flexibility index (Phi) is 6.33. The fourth-order valence-electron chi connectivity index (χ4n) is 3.50. The SMILES string of the molecule is COc1ccc(OC)c(NC(=O)c2nc(-c3ccc(Cl)cc3)n(-c3ccc(C)cc3C)n2)c1. The molecule has 0 unspecified atom stereocenters. The van der Waals surface area contributed by atoms with E-state index in [1.54, 1.807) is 42.1 Å². The molecule has 1 aromatic heterocycles. The third kappa shape index (κ3) is 4.68. The van der Waals surface area contributed by atoms with E-state index in [1.165, 1.54) is 7.11 Å². The molecule has 1 heterocycles. The first kappa shape index (κ1) is 22.4. The predicted molar refractivity (Wildman–Crippen MR) is 129 cm³/mol. The standard InChI is InChI=1S/C25H23ClN4O3/c1-15-5-11-21(16(2)13-15)30-24(17-6-8-18(26)9-7-17)28-23(29-30)25(31)27-20-14-19(32-3)10-12-22(20)33-4/h5-14H,1-4H3,(H,27,31). The minimum atomic E-state index is -0.472. The largest absolute Gasteiger partial charge is 0.497 e. The monoisotopic (exact) mass is 462 g/mol. The Morgan fingerprint density at radius 3 is 2.39 bits per heavy atom. The average molecular weight is 463 g/mol. The molecule has 168 valence electrons. The number of methoxy groups -OCH3 is 2. The van der Waals surface area contributed by atoms with Crippen molar-refractivity contribution in [3.8, 4) is 28.6 Å². The molecule has 0 radical (unpaired) electrons. The van der Waals surface area contributed by atoms with Crippen LogP contribution < -0.4 is 14.8 Å². The lowest BCUT2D eigenvalue weighted by Gasteiger charge is -2.10. The maximum Gasteiger partial charge on any atom is 0.295 e. The number of anilines is 1. The van der Waals surface area contributed by atoms with Crippen LogP contribution in [0.25, 0.3) is 17.1 Å². The molecule has 4 rings (SSSR count). The molecule has 0 aliphatic carbocycles. The first-order valence-corrected chi connectivity index (χ1v) is 10.6. The van der Waals surface area contributed by atoms with Crippen molar-refractivity contribution in [1.82, 2.24) is 14.8 Å². The number of hydrogen-bond donors (Lipinski definition) is 1. The highest BCUT2D eigenvalue weighted by atomic mass is 35.5. The third-order valence-corrected chi connectivity index (χ3v) is 5.40. The molecule has 3 aromatic carbocycles. The van der Waals surface area contributed by atoms with Crippen LogP contribution >= 0.6 is 11.6 Å². The Bertz CT molecular complexity index is 1320. The molecule has 8 heteroatoms. The summed E-state index contributed by atoms with van der Waals surface area (Å²) in [6.07, 6.45) is 0. The zero-order chi connectivity index (χ0) is 23.5. The Balaban J connectivity index is 1.78. The van der Waals surface area contributed by atoms with Gasteiger partial charge >= 0.3 is 0 Å². The van der Waals surface area contributed by atoms with E-state index in [0.717, 1.165) is 22.4 Å². The number of ether oxygens (including phenoxy) is 2. The number of hydrogen-bond acceptors (Lipinski definition) is 5. The molecule has 0 aliphatic rings. The summed E-state index contributed by atoms with van der Waals surface area (Å²) in [5.74, 6) is 1.16. The van der Waals surface area contributed by atoms with Crippen molar-refractivity contribution in [2.75, 3.05) is 19.5 Å². The van der Waals surface area contributed by atoms with Gasteiger partial charge < -0.3 is 14.8 Å². The van der Waals surface area contributed by atoms with Crippen LogP contribution in [-0.4, -0.2) is 34.9 Å². The van der Waals surface area contributed by atoms with Crippen LogP contribution in [0.2, 0.25) is 5.02 Å². The number of halogens is 1. The molecule has 1 N–H and O–H groups in total. The average Bonchev–Trinajstić information content (AvgIpc) is 3.24. The molecule has 0 saturated carbocycles. The summed E-state index contributed by atoms with van der Waals surface area (Å²) in [4.78, 5) is 17.7. The Labute approximate surface area is 196 Å². The van der Waals surface area contributed by atoms with Crippen LogP contribution in [0, 0.1) is 13.8 Å². The highest BCUT2D eigenvalue weighted by Crippen LogP contribution is 2.30. The number of nitrogens with zero attached hydrogens (tertiary/aromatic N) is 3. The maximum atomic E-state index is 13.1. The molecule has 7 nitrogen and oxygen atoms in total. The van der Waals surface area contributed by atoms with Crippen LogP contribution in [0.4, 0.5) is 5.69 Å². The summed E-state index contributed by atoms with van der Waals surface area (Å²) in [7, 11) is 3.09. The number of aromatic nitrogens is 3. The molecule has 1 amide bonds. The van der Waals surface area contributed by atoms with Crippen LogP contribution in [0.1, 0.15) is 21.7 Å². The highest BCUT2D eigenvalue weighted by Gasteiger charge is 2.21. The van der Waals surface area contributed by atoms with Gasteiger partial charge in [0.25, 0.3) is 5.91 Å². The summed E-state index contributed by atoms with van der Waals surface area (Å²) in [5.41, 5.74) is 4.21. The number of benzene rings is 3. The van der Waals surface area contributed by atoms with Crippen molar-refractivity contribution in [3.63, 3.8) is 0 Å². The lowest BCUT2D eigenvalue weighted by molar-refractivity contribution is 0.101. The quantitative estimate of drug-likeness (QED) is 0.411. The van der Waals surface area contributed by atoms with Crippen molar-refractivity contribution in [1.29, 1.82) is 0 Å². The van der Waals surface area contributed by atoms with Crippen LogP contribution in [0.15, 0.2) is 60.7 Å². The van der Waals surface area contributed by atoms with E-state index in [2.05, 4.69) is 21.5 Å². The van der Waals surface area contributed by atoms with Gasteiger partial charge in [-0.15, -0.1) is 5.10 Å². The van der Waals surface area contributed by atoms with Crippen molar-refractivity contribution >= 4 is 23.2 Å². The Morgan fingerprint density at radius 1 is 0.970 bits per heavy atom. The lowest BCUT2D eigenvalue weighted by atomic mass is 10.1. The van der Waals surface area contributed by atoms with Gasteiger partial charge in [-0.05, 0) is 61.9 Å². The molecule has 0 aliphatic heterocycles. The van der Waals surface area contributed by atoms with Gasteiger partial charge in [-0.2, -0.15) is 0 Å². The van der Waals surface area contributed by atoms with Gasteiger partial charge in [0.2, 0.25) is 5.82 Å². The molecular weight excluding hydrogens is 440 g/mol. The molecule has 0 atom stereocenters. The second kappa shape index (κ2) is 9.34. The number of nitrogens with one attached hydrogen (secondary N) is 1. The summed E-state index contributed by atoms with van der Waals surface area (Å²) in [5, 5.41) is 7.99. The molecule has 0 spiro atoms. The van der Waals surface area contributed by atoms with Gasteiger partial charge in [0, 0.05) is 16.7 Å². The van der Waals surface area contributed by atoms with E-state index in [-0.39, 0.29) is 5.82 Å². The van der Waals surface area contributed by atoms with Crippen LogP contribution in [-0.2, 0) is 0 Å². The Morgan fingerprint density at radius 2 is 1.73 bits per heavy atom. The fraction of sp³-hybridized carbons (Fsp3) is 0.160. The zero-order valence-corrected chi connectivity index (χ0v) is 19.5. The predicted octanol–water partition coefficient (Wildman–Crippen LogP) is 5.47. The van der Waals surface area contributed by atoms with Gasteiger partial charge in [0.1, 0.15) is 11.5 Å². The summed E-state index contributed by atoms with van der Waals surface area (Å²) < 4.78 is 12.3. The van der Waals surface area contributed by atoms with Gasteiger partial charge in [0.15, 0.2) is 5.82 Å². The van der Waals surface area contributed by atoms with E-state index in [9.17, 15) is 4.79 Å². The van der Waals surface area contributed by atoms with Gasteiger partial charge in [-0.1, -0.05) is 29.3 Å². The summed E-state index contributed by atoms with van der Waals surface area (Å²) in [6.45, 7) is 4.02. The van der Waals surface area contributed by atoms with E-state index >= 15 is 0 Å². The summed E-state index contributed by atoms with van der Waals surface area (Å²) in [6, 6.07) is 18.4. The maximum absolute atomic E-state index is 13.1. The van der Waals surface area contributed by atoms with E-state index in [4.69, 9.17) is 21.1 Å². The fourth-order valence-corrected chi connectivity index (χ4v) is 3.62. The molecular formula is C25H23ClN4O3. The smallest absolute Gasteiger partial charge is 0.295 e. The number of carbonyl (C=O) groups is 1. The van der Waals surface area contributed by atoms with Crippen molar-refractivity contribution in [2.45, 2.75) is 13.8 Å². The second-order valence-electron chi connectivity index (χ2n) is 7.49. The minimum absolute atomic E-state index is 0.0183. The molecule has 0 saturated heterocycles. The molecule has 0 fully saturated rings. The third-order valence-electron chi connectivity index (χ3n) is 5.15. The number of aryl methyl sites for hydroxylation is 2. The first-order valence-electron chi connectivity index (χ1n) is 10.2. The Hall–Kier alpha value is -3.84. The molecule has 33 heavy (non-hydrogen) atoms. The minimum Gasteiger partial charge on any atom is -0.497 e. The lowest BCUT2D eigenvalue weighted by Crippen LogP contribution is -2.15. The topological polar surface area (TPSA) is 78.3 Å². The van der Waals surface area contributed by atoms with E-state index < -0.39 is 5.91 Å². The highest BCUT2D eigenvalue weighted by molar-refractivity contribution is 6.30. The normalized spacial score (nSPS) is 10.7. The first-order chi connectivity index (χ1) is 15.9.